The molecule has 1 aromatic carbocycles. The third-order valence-electron chi connectivity index (χ3n) is 4.99. The number of thiophene rings is 1. The molecule has 0 unspecified atom stereocenters. The quantitative estimate of drug-likeness (QED) is 0.207. The topological polar surface area (TPSA) is 112 Å². The van der Waals surface area contributed by atoms with E-state index in [0.717, 1.165) is 22.1 Å². The molecule has 1 amide bonds. The molecule has 12 heteroatoms. The van der Waals surface area contributed by atoms with Gasteiger partial charge < -0.3 is 19.4 Å². The zero-order valence-electron chi connectivity index (χ0n) is 20.3. The number of nitrogens with one attached hydrogen (secondary N) is 1. The minimum Gasteiger partial charge on any atom is -0.465 e. The molecule has 0 aliphatic rings. The van der Waals surface area contributed by atoms with Crippen LogP contribution in [0.3, 0.4) is 0 Å². The first-order valence-electron chi connectivity index (χ1n) is 10.7. The second-order valence-corrected chi connectivity index (χ2v) is 10.5. The summed E-state index contributed by atoms with van der Waals surface area (Å²) in [4.78, 5) is 38.4. The van der Waals surface area contributed by atoms with Gasteiger partial charge in [0.2, 0.25) is 5.91 Å². The lowest BCUT2D eigenvalue weighted by molar-refractivity contribution is -0.113. The van der Waals surface area contributed by atoms with Crippen molar-refractivity contribution >= 4 is 57.7 Å². The highest BCUT2D eigenvalue weighted by Crippen LogP contribution is 2.34. The molecule has 0 aliphatic carbocycles. The van der Waals surface area contributed by atoms with Crippen LogP contribution in [0, 0.1) is 13.8 Å². The van der Waals surface area contributed by atoms with Crippen LogP contribution in [0.15, 0.2) is 47.0 Å². The molecule has 0 aliphatic heterocycles. The summed E-state index contributed by atoms with van der Waals surface area (Å²) in [5.74, 6) is -0.205. The van der Waals surface area contributed by atoms with E-state index in [-0.39, 0.29) is 27.1 Å². The second kappa shape index (κ2) is 12.7. The minimum absolute atomic E-state index is 0.0193. The van der Waals surface area contributed by atoms with Crippen LogP contribution in [-0.2, 0) is 26.6 Å². The highest BCUT2D eigenvalue weighted by molar-refractivity contribution is 7.99. The minimum atomic E-state index is -0.650. The number of carbonyl (C=O) groups excluding carboxylic acids is 3. The van der Waals surface area contributed by atoms with Crippen molar-refractivity contribution in [2.24, 2.45) is 0 Å². The van der Waals surface area contributed by atoms with Crippen LogP contribution >= 0.6 is 34.9 Å². The fourth-order valence-corrected chi connectivity index (χ4v) is 5.89. The number of methoxy groups -OCH3 is 2. The van der Waals surface area contributed by atoms with Gasteiger partial charge in [0, 0.05) is 11.4 Å². The predicted octanol–water partition coefficient (Wildman–Crippen LogP) is 4.74. The lowest BCUT2D eigenvalue weighted by Gasteiger charge is -2.08. The number of thioether (sulfide) groups is 2. The van der Waals surface area contributed by atoms with Gasteiger partial charge in [-0.15, -0.1) is 39.9 Å². The number of aromatic nitrogens is 3. The van der Waals surface area contributed by atoms with Crippen LogP contribution in [0.5, 0.6) is 0 Å². The molecule has 0 bridgehead atoms. The first kappa shape index (κ1) is 27.5. The van der Waals surface area contributed by atoms with E-state index in [1.165, 1.54) is 31.5 Å². The maximum absolute atomic E-state index is 12.7. The molecule has 0 spiro atoms. The number of nitrogens with zero attached hydrogens (tertiary/aromatic N) is 3. The van der Waals surface area contributed by atoms with Gasteiger partial charge in [-0.25, -0.2) is 9.59 Å². The van der Waals surface area contributed by atoms with Crippen molar-refractivity contribution < 1.29 is 23.9 Å². The van der Waals surface area contributed by atoms with E-state index < -0.39 is 11.9 Å². The predicted molar refractivity (Wildman–Crippen MR) is 142 cm³/mol. The Labute approximate surface area is 221 Å². The normalized spacial score (nSPS) is 10.7. The average molecular weight is 547 g/mol. The van der Waals surface area contributed by atoms with Crippen LogP contribution in [-0.4, -0.2) is 52.6 Å². The second-order valence-electron chi connectivity index (χ2n) is 7.48. The van der Waals surface area contributed by atoms with E-state index in [2.05, 4.69) is 46.4 Å². The monoisotopic (exact) mass is 546 g/mol. The largest absolute Gasteiger partial charge is 0.465 e. The summed E-state index contributed by atoms with van der Waals surface area (Å²) >= 11 is 3.83. The van der Waals surface area contributed by atoms with Crippen LogP contribution in [0.25, 0.3) is 0 Å². The summed E-state index contributed by atoms with van der Waals surface area (Å²) < 4.78 is 11.5. The maximum atomic E-state index is 12.7. The van der Waals surface area contributed by atoms with Gasteiger partial charge in [0.25, 0.3) is 0 Å². The van der Waals surface area contributed by atoms with Gasteiger partial charge in [-0.05, 0) is 31.5 Å². The molecule has 36 heavy (non-hydrogen) atoms. The number of carbonyl (C=O) groups is 3. The van der Waals surface area contributed by atoms with Gasteiger partial charge in [0.05, 0.1) is 31.3 Å². The number of esters is 2. The van der Waals surface area contributed by atoms with E-state index in [9.17, 15) is 14.4 Å². The van der Waals surface area contributed by atoms with Gasteiger partial charge in [0.1, 0.15) is 15.7 Å². The van der Waals surface area contributed by atoms with Crippen LogP contribution in [0.1, 0.15) is 37.0 Å². The van der Waals surface area contributed by atoms with E-state index in [1.54, 1.807) is 24.8 Å². The van der Waals surface area contributed by atoms with Crippen LogP contribution < -0.4 is 5.32 Å². The first-order chi connectivity index (χ1) is 17.3. The molecule has 0 atom stereocenters. The van der Waals surface area contributed by atoms with Gasteiger partial charge in [-0.2, -0.15) is 0 Å². The van der Waals surface area contributed by atoms with Crippen molar-refractivity contribution in [3.05, 3.63) is 64.3 Å². The number of rotatable bonds is 11. The zero-order valence-corrected chi connectivity index (χ0v) is 22.8. The molecule has 2 heterocycles. The molecule has 0 saturated carbocycles. The lowest BCUT2D eigenvalue weighted by Crippen LogP contribution is -2.16. The standard InChI is InChI=1S/C24H26N4O5S3/c1-6-11-28-17(12-34-16-9-7-14(2)8-10-16)26-27-24(28)35-13-18(29)25-21-19(22(30)32-4)15(3)20(36-21)23(31)33-5/h6-10H,1,11-13H2,2-5H3,(H,25,29). The molecule has 0 radical (unpaired) electrons. The SMILES string of the molecule is C=CCn1c(CSc2ccc(C)cc2)nnc1SCC(=O)Nc1sc(C(=O)OC)c(C)c1C(=O)OC. The number of allylic oxidation sites excluding steroid dienone is 1. The molecule has 1 N–H and O–H groups in total. The molecule has 2 aromatic heterocycles. The summed E-state index contributed by atoms with van der Waals surface area (Å²) in [6.45, 7) is 7.96. The Hall–Kier alpha value is -3.09. The summed E-state index contributed by atoms with van der Waals surface area (Å²) in [6, 6.07) is 8.25. The number of ether oxygens (including phenoxy) is 2. The number of anilines is 1. The van der Waals surface area contributed by atoms with E-state index in [1.807, 2.05) is 11.5 Å². The molecule has 0 fully saturated rings. The molecule has 3 aromatic rings. The number of hydrogen-bond acceptors (Lipinski definition) is 10. The van der Waals surface area contributed by atoms with E-state index in [4.69, 9.17) is 9.47 Å². The number of benzene rings is 1. The van der Waals surface area contributed by atoms with Crippen LogP contribution in [0.4, 0.5) is 5.00 Å². The van der Waals surface area contributed by atoms with Crippen LogP contribution in [0.2, 0.25) is 0 Å². The van der Waals surface area contributed by atoms with E-state index >= 15 is 0 Å². The summed E-state index contributed by atoms with van der Waals surface area (Å²) in [6.07, 6.45) is 1.75. The first-order valence-corrected chi connectivity index (χ1v) is 13.5. The van der Waals surface area contributed by atoms with Gasteiger partial charge in [-0.3, -0.25) is 4.79 Å². The Balaban J connectivity index is 1.70. The third-order valence-corrected chi connectivity index (χ3v) is 8.15. The van der Waals surface area contributed by atoms with Crippen molar-refractivity contribution in [1.82, 2.24) is 14.8 Å². The highest BCUT2D eigenvalue weighted by atomic mass is 32.2. The smallest absolute Gasteiger partial charge is 0.348 e. The van der Waals surface area contributed by atoms with Gasteiger partial charge >= 0.3 is 11.9 Å². The fraction of sp³-hybridized carbons (Fsp3) is 0.292. The molecule has 3 rings (SSSR count). The Morgan fingerprint density at radius 1 is 1.08 bits per heavy atom. The Kier molecular flexibility index (Phi) is 9.73. The Bertz CT molecular complexity index is 1270. The third kappa shape index (κ3) is 6.56. The maximum Gasteiger partial charge on any atom is 0.348 e. The summed E-state index contributed by atoms with van der Waals surface area (Å²) in [5, 5.41) is 12.1. The van der Waals surface area contributed by atoms with Gasteiger partial charge in [0.15, 0.2) is 5.16 Å². The highest BCUT2D eigenvalue weighted by Gasteiger charge is 2.27. The molecular weight excluding hydrogens is 520 g/mol. The van der Waals surface area contributed by atoms with E-state index in [0.29, 0.717) is 23.0 Å². The Morgan fingerprint density at radius 2 is 1.78 bits per heavy atom. The van der Waals surface area contributed by atoms with Crippen molar-refractivity contribution in [2.75, 3.05) is 25.3 Å². The molecule has 190 valence electrons. The van der Waals surface area contributed by atoms with Crippen molar-refractivity contribution in [3.63, 3.8) is 0 Å². The number of amides is 1. The average Bonchev–Trinajstić information content (AvgIpc) is 3.41. The zero-order chi connectivity index (χ0) is 26.2. The number of aryl methyl sites for hydroxylation is 1. The molecule has 0 saturated heterocycles. The van der Waals surface area contributed by atoms with Crippen molar-refractivity contribution in [2.45, 2.75) is 36.2 Å². The lowest BCUT2D eigenvalue weighted by atomic mass is 10.1. The summed E-state index contributed by atoms with van der Waals surface area (Å²) in [5.41, 5.74) is 1.72. The van der Waals surface area contributed by atoms with Gasteiger partial charge in [-0.1, -0.05) is 35.5 Å². The number of hydrogen-bond donors (Lipinski definition) is 1. The van der Waals surface area contributed by atoms with Crippen molar-refractivity contribution in [3.8, 4) is 0 Å². The Morgan fingerprint density at radius 3 is 2.42 bits per heavy atom. The fourth-order valence-electron chi connectivity index (χ4n) is 3.16. The van der Waals surface area contributed by atoms with Crippen molar-refractivity contribution in [1.29, 1.82) is 0 Å². The molecule has 9 nitrogen and oxygen atoms in total. The molecular formula is C24H26N4O5S3. The summed E-state index contributed by atoms with van der Waals surface area (Å²) in [7, 11) is 2.49.